The second kappa shape index (κ2) is 7.12. The number of rotatable bonds is 4. The van der Waals surface area contributed by atoms with Gasteiger partial charge in [-0.2, -0.15) is 0 Å². The number of anilines is 1. The molecule has 0 aromatic heterocycles. The summed E-state index contributed by atoms with van der Waals surface area (Å²) in [5, 5.41) is 3.06. The van der Waals surface area contributed by atoms with E-state index >= 15 is 0 Å². The molecule has 5 rings (SSSR count). The van der Waals surface area contributed by atoms with Crippen molar-refractivity contribution in [3.05, 3.63) is 65.7 Å². The van der Waals surface area contributed by atoms with Gasteiger partial charge in [0.25, 0.3) is 0 Å². The van der Waals surface area contributed by atoms with E-state index in [0.717, 1.165) is 47.1 Å². The highest BCUT2D eigenvalue weighted by molar-refractivity contribution is 9.08. The van der Waals surface area contributed by atoms with Gasteiger partial charge in [-0.05, 0) is 43.4 Å². The standard InChI is InChI=1S/C26H27BrN2O/c1-4-5-14-29-22-13-9-8-12-21(22)25(2,3)26(29)17-28-23-20-11-7-6-10-18(20)15-19(16-27)24(23)30-26/h6-13,15,17H,4-5,14,16H2,1-3H3. The lowest BCUT2D eigenvalue weighted by atomic mass is 9.77. The number of unbranched alkanes of at least 4 members (excludes halogenated alkanes) is 1. The average Bonchev–Trinajstić information content (AvgIpc) is 2.95. The number of nitrogens with zero attached hydrogens (tertiary/aromatic N) is 2. The molecule has 0 bridgehead atoms. The van der Waals surface area contributed by atoms with Crippen molar-refractivity contribution in [3.63, 3.8) is 0 Å². The van der Waals surface area contributed by atoms with E-state index in [1.807, 2.05) is 0 Å². The molecule has 2 aliphatic rings. The van der Waals surface area contributed by atoms with E-state index in [-0.39, 0.29) is 5.41 Å². The van der Waals surface area contributed by atoms with Crippen LogP contribution in [0.2, 0.25) is 0 Å². The zero-order valence-electron chi connectivity index (χ0n) is 17.8. The number of halogens is 1. The highest BCUT2D eigenvalue weighted by Crippen LogP contribution is 2.55. The quantitative estimate of drug-likeness (QED) is 0.385. The summed E-state index contributed by atoms with van der Waals surface area (Å²) >= 11 is 3.69. The maximum atomic E-state index is 7.06. The molecular formula is C26H27BrN2O. The summed E-state index contributed by atoms with van der Waals surface area (Å²) in [4.78, 5) is 7.53. The molecule has 2 aliphatic heterocycles. The third-order valence-electron chi connectivity index (χ3n) is 6.72. The molecule has 0 saturated carbocycles. The zero-order chi connectivity index (χ0) is 20.9. The van der Waals surface area contributed by atoms with Gasteiger partial charge >= 0.3 is 0 Å². The predicted molar refractivity (Wildman–Crippen MR) is 130 cm³/mol. The number of aliphatic imine (C=N–C) groups is 1. The largest absolute Gasteiger partial charge is 0.459 e. The molecule has 4 heteroatoms. The average molecular weight is 463 g/mol. The van der Waals surface area contributed by atoms with Gasteiger partial charge in [-0.15, -0.1) is 0 Å². The molecule has 0 amide bonds. The summed E-state index contributed by atoms with van der Waals surface area (Å²) in [6.45, 7) is 7.74. The van der Waals surface area contributed by atoms with Crippen molar-refractivity contribution in [2.24, 2.45) is 4.99 Å². The molecule has 0 aliphatic carbocycles. The Kier molecular flexibility index (Phi) is 4.66. The molecule has 1 atom stereocenters. The topological polar surface area (TPSA) is 24.8 Å². The minimum absolute atomic E-state index is 0.242. The Morgan fingerprint density at radius 2 is 1.83 bits per heavy atom. The second-order valence-corrected chi connectivity index (χ2v) is 9.33. The number of ether oxygens (including phenoxy) is 1. The van der Waals surface area contributed by atoms with E-state index in [1.165, 1.54) is 16.6 Å². The molecular weight excluding hydrogens is 436 g/mol. The van der Waals surface area contributed by atoms with E-state index in [9.17, 15) is 0 Å². The van der Waals surface area contributed by atoms with Crippen LogP contribution in [0.1, 0.15) is 44.7 Å². The van der Waals surface area contributed by atoms with Gasteiger partial charge < -0.3 is 9.64 Å². The van der Waals surface area contributed by atoms with E-state index < -0.39 is 5.72 Å². The predicted octanol–water partition coefficient (Wildman–Crippen LogP) is 7.12. The Labute approximate surface area is 186 Å². The van der Waals surface area contributed by atoms with Crippen LogP contribution in [0.4, 0.5) is 11.4 Å². The summed E-state index contributed by atoms with van der Waals surface area (Å²) < 4.78 is 7.06. The molecule has 0 fully saturated rings. The Hall–Kier alpha value is -2.33. The number of hydrogen-bond donors (Lipinski definition) is 0. The molecule has 1 spiro atoms. The van der Waals surface area contributed by atoms with Gasteiger partial charge in [0, 0.05) is 28.5 Å². The molecule has 3 nitrogen and oxygen atoms in total. The van der Waals surface area contributed by atoms with Crippen molar-refractivity contribution < 1.29 is 4.74 Å². The molecule has 154 valence electrons. The van der Waals surface area contributed by atoms with Crippen LogP contribution >= 0.6 is 15.9 Å². The molecule has 0 radical (unpaired) electrons. The lowest BCUT2D eigenvalue weighted by molar-refractivity contribution is 0.0767. The van der Waals surface area contributed by atoms with Crippen molar-refractivity contribution in [1.82, 2.24) is 0 Å². The van der Waals surface area contributed by atoms with Gasteiger partial charge in [0.2, 0.25) is 5.72 Å². The second-order valence-electron chi connectivity index (χ2n) is 8.77. The highest BCUT2D eigenvalue weighted by Gasteiger charge is 2.59. The first-order chi connectivity index (χ1) is 14.5. The molecule has 1 unspecified atom stereocenters. The molecule has 3 aromatic rings. The third-order valence-corrected chi connectivity index (χ3v) is 7.33. The van der Waals surface area contributed by atoms with Crippen LogP contribution < -0.4 is 9.64 Å². The zero-order valence-corrected chi connectivity index (χ0v) is 19.4. The normalized spacial score (nSPS) is 21.0. The number of alkyl halides is 1. The minimum atomic E-state index is -0.641. The number of fused-ring (bicyclic) bond motifs is 4. The van der Waals surface area contributed by atoms with E-state index in [1.54, 1.807) is 0 Å². The van der Waals surface area contributed by atoms with Gasteiger partial charge in [0.1, 0.15) is 5.69 Å². The van der Waals surface area contributed by atoms with Crippen molar-refractivity contribution in [1.29, 1.82) is 0 Å². The fourth-order valence-electron chi connectivity index (χ4n) is 5.00. The van der Waals surface area contributed by atoms with Gasteiger partial charge in [-0.3, -0.25) is 4.99 Å². The van der Waals surface area contributed by atoms with Gasteiger partial charge in [-0.1, -0.05) is 71.7 Å². The molecule has 3 aromatic carbocycles. The molecule has 0 N–H and O–H groups in total. The summed E-state index contributed by atoms with van der Waals surface area (Å²) in [5.41, 5.74) is 3.77. The maximum absolute atomic E-state index is 7.06. The van der Waals surface area contributed by atoms with E-state index in [2.05, 4.69) is 102 Å². The van der Waals surface area contributed by atoms with Crippen LogP contribution in [0, 0.1) is 0 Å². The van der Waals surface area contributed by atoms with Crippen LogP contribution in [0.15, 0.2) is 59.6 Å². The van der Waals surface area contributed by atoms with Crippen LogP contribution in [0.25, 0.3) is 10.8 Å². The van der Waals surface area contributed by atoms with Gasteiger partial charge in [0.05, 0.1) is 11.6 Å². The fourth-order valence-corrected chi connectivity index (χ4v) is 5.42. The Bertz CT molecular complexity index is 1150. The van der Waals surface area contributed by atoms with E-state index in [0.29, 0.717) is 0 Å². The lowest BCUT2D eigenvalue weighted by Gasteiger charge is -2.46. The molecule has 2 heterocycles. The highest BCUT2D eigenvalue weighted by atomic mass is 79.9. The monoisotopic (exact) mass is 462 g/mol. The maximum Gasteiger partial charge on any atom is 0.228 e. The first-order valence-electron chi connectivity index (χ1n) is 10.8. The number of para-hydroxylation sites is 1. The summed E-state index contributed by atoms with van der Waals surface area (Å²) in [7, 11) is 0. The number of benzene rings is 3. The van der Waals surface area contributed by atoms with Crippen molar-refractivity contribution in [2.75, 3.05) is 11.4 Å². The van der Waals surface area contributed by atoms with Crippen LogP contribution in [0.5, 0.6) is 5.75 Å². The van der Waals surface area contributed by atoms with Crippen LogP contribution in [-0.2, 0) is 10.7 Å². The van der Waals surface area contributed by atoms with E-state index in [4.69, 9.17) is 9.73 Å². The summed E-state index contributed by atoms with van der Waals surface area (Å²) in [6, 6.07) is 19.4. The first kappa shape index (κ1) is 19.6. The number of hydrogen-bond acceptors (Lipinski definition) is 3. The Morgan fingerprint density at radius 1 is 1.07 bits per heavy atom. The SMILES string of the molecule is CCCCN1c2ccccc2C(C)(C)C12C=Nc1c(c(CBr)cc3ccccc13)O2. The van der Waals surface area contributed by atoms with Gasteiger partial charge in [-0.25, -0.2) is 0 Å². The lowest BCUT2D eigenvalue weighted by Crippen LogP contribution is -2.62. The third kappa shape index (κ3) is 2.59. The van der Waals surface area contributed by atoms with Crippen molar-refractivity contribution >= 4 is 44.3 Å². The molecule has 30 heavy (non-hydrogen) atoms. The van der Waals surface area contributed by atoms with Crippen molar-refractivity contribution in [2.45, 2.75) is 50.1 Å². The minimum Gasteiger partial charge on any atom is -0.459 e. The fraction of sp³-hybridized carbons (Fsp3) is 0.346. The van der Waals surface area contributed by atoms with Crippen LogP contribution in [0.3, 0.4) is 0 Å². The van der Waals surface area contributed by atoms with Gasteiger partial charge in [0.15, 0.2) is 5.75 Å². The Morgan fingerprint density at radius 3 is 2.63 bits per heavy atom. The smallest absolute Gasteiger partial charge is 0.228 e. The Balaban J connectivity index is 1.73. The van der Waals surface area contributed by atoms with Crippen molar-refractivity contribution in [3.8, 4) is 5.75 Å². The molecule has 0 saturated heterocycles. The first-order valence-corrected chi connectivity index (χ1v) is 11.9. The summed E-state index contributed by atoms with van der Waals surface area (Å²) in [5.74, 6) is 0.899. The summed E-state index contributed by atoms with van der Waals surface area (Å²) in [6.07, 6.45) is 4.31. The van der Waals surface area contributed by atoms with Crippen LogP contribution in [-0.4, -0.2) is 18.5 Å².